The summed E-state index contributed by atoms with van der Waals surface area (Å²) < 4.78 is 15.1. The van der Waals surface area contributed by atoms with E-state index in [1.165, 1.54) is 12.1 Å². The van der Waals surface area contributed by atoms with Crippen LogP contribution < -0.4 is 15.5 Å². The second-order valence-electron chi connectivity index (χ2n) is 10.1. The van der Waals surface area contributed by atoms with Crippen molar-refractivity contribution in [2.45, 2.75) is 0 Å². The minimum atomic E-state index is -1.26. The summed E-state index contributed by atoms with van der Waals surface area (Å²) >= 11 is 0. The van der Waals surface area contributed by atoms with Crippen LogP contribution in [0.5, 0.6) is 0 Å². The van der Waals surface area contributed by atoms with Crippen molar-refractivity contribution in [3.63, 3.8) is 0 Å². The van der Waals surface area contributed by atoms with Crippen molar-refractivity contribution in [3.8, 4) is 11.1 Å². The zero-order valence-electron chi connectivity index (χ0n) is 24.8. The number of nitrogens with zero attached hydrogens (tertiary/aromatic N) is 4. The number of halogens is 1. The number of piperazine rings is 1. The molecule has 1 aromatic heterocycles. The van der Waals surface area contributed by atoms with Gasteiger partial charge >= 0.3 is 11.9 Å². The SMILES string of the molecule is C=CC(=O)Nc1cccc(-c2cccc3cnc(Nc4ccc(N5CCN(CCO)CC5)cc4F)nc23)c1.O=C(O)C=CC(=O)O. The normalized spacial score (nSPS) is 13.1. The number of carbonyl (C=O) groups is 3. The highest BCUT2D eigenvalue weighted by molar-refractivity contribution is 6.00. The van der Waals surface area contributed by atoms with Crippen molar-refractivity contribution in [1.82, 2.24) is 14.9 Å². The van der Waals surface area contributed by atoms with Crippen molar-refractivity contribution < 1.29 is 34.1 Å². The number of hydrogen-bond donors (Lipinski definition) is 5. The van der Waals surface area contributed by atoms with Crippen LogP contribution in [0.4, 0.5) is 27.4 Å². The van der Waals surface area contributed by atoms with Crippen LogP contribution in [0.15, 0.2) is 91.7 Å². The van der Waals surface area contributed by atoms with Gasteiger partial charge in [0.05, 0.1) is 17.8 Å². The fraction of sp³-hybridized carbons (Fsp3) is 0.182. The maximum absolute atomic E-state index is 15.1. The van der Waals surface area contributed by atoms with Crippen LogP contribution in [0, 0.1) is 5.82 Å². The lowest BCUT2D eigenvalue weighted by Gasteiger charge is -2.35. The van der Waals surface area contributed by atoms with Gasteiger partial charge in [-0.25, -0.2) is 23.9 Å². The highest BCUT2D eigenvalue weighted by atomic mass is 19.1. The summed E-state index contributed by atoms with van der Waals surface area (Å²) in [6.45, 7) is 7.52. The van der Waals surface area contributed by atoms with Gasteiger partial charge in [-0.1, -0.05) is 36.9 Å². The van der Waals surface area contributed by atoms with Crippen molar-refractivity contribution >= 4 is 51.8 Å². The highest BCUT2D eigenvalue weighted by Crippen LogP contribution is 2.31. The first-order valence-corrected chi connectivity index (χ1v) is 14.2. The number of carbonyl (C=O) groups excluding carboxylic acids is 1. The molecule has 0 unspecified atom stereocenters. The van der Waals surface area contributed by atoms with Gasteiger partial charge in [0.15, 0.2) is 0 Å². The molecule has 0 aliphatic carbocycles. The molecule has 5 N–H and O–H groups in total. The molecule has 4 aromatic rings. The van der Waals surface area contributed by atoms with Crippen molar-refractivity contribution in [1.29, 1.82) is 0 Å². The van der Waals surface area contributed by atoms with E-state index in [9.17, 15) is 14.4 Å². The van der Waals surface area contributed by atoms with Crippen LogP contribution in [0.3, 0.4) is 0 Å². The Labute approximate surface area is 264 Å². The van der Waals surface area contributed by atoms with Crippen LogP contribution in [-0.4, -0.2) is 87.4 Å². The zero-order valence-corrected chi connectivity index (χ0v) is 24.8. The Kier molecular flexibility index (Phi) is 11.5. The largest absolute Gasteiger partial charge is 0.478 e. The van der Waals surface area contributed by atoms with Gasteiger partial charge in [0.1, 0.15) is 5.82 Å². The summed E-state index contributed by atoms with van der Waals surface area (Å²) in [7, 11) is 0. The minimum Gasteiger partial charge on any atom is -0.478 e. The maximum Gasteiger partial charge on any atom is 0.328 e. The highest BCUT2D eigenvalue weighted by Gasteiger charge is 2.18. The summed E-state index contributed by atoms with van der Waals surface area (Å²) in [6, 6.07) is 18.4. The predicted molar refractivity (Wildman–Crippen MR) is 174 cm³/mol. The lowest BCUT2D eigenvalue weighted by Crippen LogP contribution is -2.47. The van der Waals surface area contributed by atoms with E-state index < -0.39 is 11.9 Å². The van der Waals surface area contributed by atoms with Gasteiger partial charge in [0.25, 0.3) is 0 Å². The Morgan fingerprint density at radius 2 is 1.67 bits per heavy atom. The second-order valence-corrected chi connectivity index (χ2v) is 10.1. The zero-order chi connectivity index (χ0) is 33.1. The quantitative estimate of drug-likeness (QED) is 0.160. The molecule has 238 valence electrons. The van der Waals surface area contributed by atoms with Gasteiger partial charge in [0.2, 0.25) is 11.9 Å². The Bertz CT molecular complexity index is 1740. The summed E-state index contributed by atoms with van der Waals surface area (Å²) in [5, 5.41) is 31.4. The summed E-state index contributed by atoms with van der Waals surface area (Å²) in [6.07, 6.45) is 4.04. The molecule has 0 saturated carbocycles. The van der Waals surface area contributed by atoms with E-state index in [0.29, 0.717) is 35.6 Å². The summed E-state index contributed by atoms with van der Waals surface area (Å²) in [5.74, 6) is -2.90. The monoisotopic (exact) mass is 628 g/mol. The first kappa shape index (κ1) is 33.2. The van der Waals surface area contributed by atoms with E-state index in [-0.39, 0.29) is 24.3 Å². The molecule has 1 aliphatic rings. The standard InChI is InChI=1S/C29H29FN6O2.C4H4O4/c1-2-27(38)32-22-7-3-5-20(17-22)24-8-4-6-21-19-31-29(34-28(21)24)33-26-10-9-23(18-25(26)30)36-13-11-35(12-14-36)15-16-37;5-3(6)1-2-4(7)8/h2-10,17-19,37H,1,11-16H2,(H,32,38)(H,31,33,34);1-2H,(H,5,6)(H,7,8). The van der Waals surface area contributed by atoms with Crippen LogP contribution in [0.1, 0.15) is 0 Å². The summed E-state index contributed by atoms with van der Waals surface area (Å²) in [4.78, 5) is 44.3. The van der Waals surface area contributed by atoms with Gasteiger partial charge in [0, 0.05) is 73.4 Å². The van der Waals surface area contributed by atoms with Gasteiger partial charge in [-0.05, 0) is 42.0 Å². The molecule has 46 heavy (non-hydrogen) atoms. The number of carboxylic acids is 2. The number of para-hydroxylation sites is 1. The van der Waals surface area contributed by atoms with Crippen molar-refractivity contribution in [3.05, 3.63) is 97.5 Å². The third kappa shape index (κ3) is 9.17. The topological polar surface area (TPSA) is 168 Å². The number of fused-ring (bicyclic) bond motifs is 1. The fourth-order valence-corrected chi connectivity index (χ4v) is 4.74. The molecule has 0 radical (unpaired) electrons. The number of nitrogens with one attached hydrogen (secondary N) is 2. The Balaban J connectivity index is 0.000000533. The molecular formula is C33H33FN6O6. The third-order valence-corrected chi connectivity index (χ3v) is 6.96. The number of carboxylic acid groups (broad SMARTS) is 2. The van der Waals surface area contributed by atoms with Crippen LogP contribution in [0.2, 0.25) is 0 Å². The van der Waals surface area contributed by atoms with E-state index in [4.69, 9.17) is 20.3 Å². The Morgan fingerprint density at radius 1 is 0.957 bits per heavy atom. The third-order valence-electron chi connectivity index (χ3n) is 6.96. The molecular weight excluding hydrogens is 595 g/mol. The maximum atomic E-state index is 15.1. The van der Waals surface area contributed by atoms with Gasteiger partial charge in [-0.2, -0.15) is 0 Å². The Hall–Kier alpha value is -5.66. The number of aliphatic hydroxyl groups excluding tert-OH is 1. The van der Waals surface area contributed by atoms with Crippen molar-refractivity contribution in [2.75, 3.05) is 54.9 Å². The molecule has 3 aromatic carbocycles. The number of aliphatic hydroxyl groups is 1. The first-order valence-electron chi connectivity index (χ1n) is 14.2. The van der Waals surface area contributed by atoms with Crippen LogP contribution >= 0.6 is 0 Å². The molecule has 12 nitrogen and oxygen atoms in total. The van der Waals surface area contributed by atoms with Crippen molar-refractivity contribution in [2.24, 2.45) is 0 Å². The smallest absolute Gasteiger partial charge is 0.328 e. The molecule has 1 fully saturated rings. The number of amides is 1. The number of hydrogen-bond acceptors (Lipinski definition) is 9. The molecule has 0 bridgehead atoms. The van der Waals surface area contributed by atoms with E-state index in [0.717, 1.165) is 48.4 Å². The molecule has 0 atom stereocenters. The molecule has 13 heteroatoms. The van der Waals surface area contributed by atoms with Crippen LogP contribution in [0.25, 0.3) is 22.0 Å². The Morgan fingerprint density at radius 3 is 2.33 bits per heavy atom. The lowest BCUT2D eigenvalue weighted by atomic mass is 10.0. The van der Waals surface area contributed by atoms with Crippen LogP contribution in [-0.2, 0) is 14.4 Å². The average molecular weight is 629 g/mol. The molecule has 1 saturated heterocycles. The molecule has 5 rings (SSSR count). The minimum absolute atomic E-state index is 0.146. The van der Waals surface area contributed by atoms with Gasteiger partial charge < -0.3 is 30.9 Å². The number of benzene rings is 3. The number of β-amino-alcohol motifs (C(OH)–C–C–N with tert-alkyl or cyclic N) is 1. The van der Waals surface area contributed by atoms with E-state index in [2.05, 4.69) is 32.0 Å². The van der Waals surface area contributed by atoms with Gasteiger partial charge in [-0.15, -0.1) is 0 Å². The second kappa shape index (κ2) is 15.9. The lowest BCUT2D eigenvalue weighted by molar-refractivity contribution is -0.134. The number of aliphatic carboxylic acids is 2. The molecule has 2 heterocycles. The number of rotatable bonds is 10. The summed E-state index contributed by atoms with van der Waals surface area (Å²) in [5.41, 5.74) is 4.19. The van der Waals surface area contributed by atoms with Gasteiger partial charge in [-0.3, -0.25) is 9.69 Å². The van der Waals surface area contributed by atoms with E-state index in [1.54, 1.807) is 18.3 Å². The number of aromatic nitrogens is 2. The first-order chi connectivity index (χ1) is 22.2. The van der Waals surface area contributed by atoms with E-state index >= 15 is 4.39 Å². The number of anilines is 4. The fourth-order valence-electron chi connectivity index (χ4n) is 4.74. The van der Waals surface area contributed by atoms with E-state index in [1.807, 2.05) is 42.5 Å². The molecule has 1 amide bonds. The molecule has 1 aliphatic heterocycles. The average Bonchev–Trinajstić information content (AvgIpc) is 3.05. The predicted octanol–water partition coefficient (Wildman–Crippen LogP) is 4.13. The molecule has 0 spiro atoms.